The molecule has 0 aliphatic carbocycles. The van der Waals surface area contributed by atoms with Gasteiger partial charge in [0.15, 0.2) is 0 Å². The van der Waals surface area contributed by atoms with Gasteiger partial charge in [-0.3, -0.25) is 0 Å². The second kappa shape index (κ2) is 17.0. The molecule has 0 N–H and O–H groups in total. The summed E-state index contributed by atoms with van der Waals surface area (Å²) < 4.78 is 2.47. The van der Waals surface area contributed by atoms with Crippen molar-refractivity contribution < 1.29 is 0 Å². The number of fused-ring (bicyclic) bond motifs is 5. The Labute approximate surface area is 391 Å². The summed E-state index contributed by atoms with van der Waals surface area (Å²) in [7, 11) is 0. The van der Waals surface area contributed by atoms with Gasteiger partial charge in [-0.1, -0.05) is 231 Å². The second-order valence-electron chi connectivity index (χ2n) is 17.2. The van der Waals surface area contributed by atoms with Gasteiger partial charge in [0.25, 0.3) is 0 Å². The van der Waals surface area contributed by atoms with Gasteiger partial charge in [-0.15, -0.1) is 0 Å². The van der Waals surface area contributed by atoms with Gasteiger partial charge in [0, 0.05) is 38.8 Å². The van der Waals surface area contributed by atoms with E-state index in [4.69, 9.17) is 0 Å². The van der Waals surface area contributed by atoms with Crippen molar-refractivity contribution in [2.75, 3.05) is 4.90 Å². The molecule has 0 aliphatic rings. The number of aromatic nitrogens is 1. The second-order valence-corrected chi connectivity index (χ2v) is 17.2. The van der Waals surface area contributed by atoms with Crippen molar-refractivity contribution in [1.29, 1.82) is 0 Å². The summed E-state index contributed by atoms with van der Waals surface area (Å²) in [4.78, 5) is 2.40. The SMILES string of the molecule is c1ccc(-c2ccc(N(c3ccc(-c4ccccc4-n4c5ccccc5c5ccc6ccccc6c54)cc3)c3cccc(C(c4ccccc4)(c4ccccc4)c4ccccc4)c3)cc2)cc1. The van der Waals surface area contributed by atoms with Crippen molar-refractivity contribution in [1.82, 2.24) is 4.57 Å². The number of para-hydroxylation sites is 2. The summed E-state index contributed by atoms with van der Waals surface area (Å²) in [5.41, 5.74) is 15.7. The number of hydrogen-bond donors (Lipinski definition) is 0. The number of hydrogen-bond acceptors (Lipinski definition) is 1. The smallest absolute Gasteiger partial charge is 0.0702 e. The molecule has 0 atom stereocenters. The zero-order chi connectivity index (χ0) is 44.6. The molecule has 0 amide bonds. The fraction of sp³-hybridized carbons (Fsp3) is 0.0154. The molecule has 1 aromatic heterocycles. The zero-order valence-corrected chi connectivity index (χ0v) is 37.0. The van der Waals surface area contributed by atoms with E-state index < -0.39 is 5.41 Å². The number of rotatable bonds is 10. The van der Waals surface area contributed by atoms with Crippen LogP contribution in [-0.4, -0.2) is 4.57 Å². The molecular weight excluding hydrogens is 809 g/mol. The molecule has 0 saturated carbocycles. The van der Waals surface area contributed by atoms with E-state index in [0.717, 1.165) is 28.3 Å². The lowest BCUT2D eigenvalue weighted by Gasteiger charge is -2.37. The summed E-state index contributed by atoms with van der Waals surface area (Å²) in [6.45, 7) is 0. The Kier molecular flexibility index (Phi) is 10.1. The first-order valence-electron chi connectivity index (χ1n) is 23.1. The van der Waals surface area contributed by atoms with Crippen LogP contribution < -0.4 is 4.90 Å². The van der Waals surface area contributed by atoms with Crippen LogP contribution in [0.5, 0.6) is 0 Å². The molecular formula is C65H46N2. The van der Waals surface area contributed by atoms with Crippen molar-refractivity contribution in [3.05, 3.63) is 301 Å². The van der Waals surface area contributed by atoms with Gasteiger partial charge >= 0.3 is 0 Å². The molecule has 0 radical (unpaired) electrons. The fourth-order valence-electron chi connectivity index (χ4n) is 10.5. The molecule has 12 rings (SSSR count). The van der Waals surface area contributed by atoms with E-state index in [0.29, 0.717) is 0 Å². The molecule has 0 fully saturated rings. The monoisotopic (exact) mass is 854 g/mol. The van der Waals surface area contributed by atoms with Crippen molar-refractivity contribution in [3.8, 4) is 27.9 Å². The minimum absolute atomic E-state index is 0.589. The minimum atomic E-state index is -0.589. The third kappa shape index (κ3) is 6.90. The molecule has 316 valence electrons. The van der Waals surface area contributed by atoms with Crippen LogP contribution in [0.2, 0.25) is 0 Å². The van der Waals surface area contributed by atoms with Gasteiger partial charge in [-0.2, -0.15) is 0 Å². The predicted octanol–water partition coefficient (Wildman–Crippen LogP) is 17.1. The summed E-state index contributed by atoms with van der Waals surface area (Å²) in [5, 5.41) is 4.98. The molecule has 0 unspecified atom stereocenters. The first kappa shape index (κ1) is 39.8. The quantitative estimate of drug-likeness (QED) is 0.124. The van der Waals surface area contributed by atoms with Crippen LogP contribution in [0.15, 0.2) is 279 Å². The predicted molar refractivity (Wildman–Crippen MR) is 282 cm³/mol. The van der Waals surface area contributed by atoms with E-state index in [-0.39, 0.29) is 0 Å². The summed E-state index contributed by atoms with van der Waals surface area (Å²) in [5.74, 6) is 0. The maximum absolute atomic E-state index is 2.47. The standard InChI is InChI=1S/C65H46N2/c1-5-20-47(21-6-1)48-36-41-55(42-37-48)66(57-30-19-29-54(46-57)65(51-23-7-2-8-24-51,52-25-9-3-10-26-52)53-27-11-4-12-28-53)56-43-38-50(39-44-56)58-31-15-17-34-62(58)67-63-35-18-16-33-60(63)61-45-40-49-22-13-14-32-59(49)64(61)67/h1-46H. The summed E-state index contributed by atoms with van der Waals surface area (Å²) >= 11 is 0. The maximum atomic E-state index is 2.47. The largest absolute Gasteiger partial charge is 0.310 e. The fourth-order valence-corrected chi connectivity index (χ4v) is 10.5. The first-order valence-corrected chi connectivity index (χ1v) is 23.1. The molecule has 11 aromatic carbocycles. The van der Waals surface area contributed by atoms with E-state index in [2.05, 4.69) is 289 Å². The highest BCUT2D eigenvalue weighted by molar-refractivity contribution is 6.19. The lowest BCUT2D eigenvalue weighted by molar-refractivity contribution is 0.745. The molecule has 1 heterocycles. The highest BCUT2D eigenvalue weighted by Gasteiger charge is 2.38. The molecule has 2 heteroatoms. The normalized spacial score (nSPS) is 11.6. The van der Waals surface area contributed by atoms with Crippen LogP contribution >= 0.6 is 0 Å². The molecule has 12 aromatic rings. The Hall–Kier alpha value is -8.72. The Morgan fingerprint density at radius 3 is 1.43 bits per heavy atom. The number of nitrogens with zero attached hydrogens (tertiary/aromatic N) is 2. The van der Waals surface area contributed by atoms with Gasteiger partial charge in [-0.25, -0.2) is 0 Å². The molecule has 0 spiro atoms. The summed E-state index contributed by atoms with van der Waals surface area (Å²) in [6, 6.07) is 102. The molecule has 0 saturated heterocycles. The van der Waals surface area contributed by atoms with E-state index in [1.807, 2.05) is 0 Å². The van der Waals surface area contributed by atoms with Crippen LogP contribution in [0, 0.1) is 0 Å². The lowest BCUT2D eigenvalue weighted by Crippen LogP contribution is -2.31. The lowest BCUT2D eigenvalue weighted by atomic mass is 9.65. The van der Waals surface area contributed by atoms with Crippen LogP contribution in [0.25, 0.3) is 60.5 Å². The van der Waals surface area contributed by atoms with Gasteiger partial charge in [0.2, 0.25) is 0 Å². The van der Waals surface area contributed by atoms with Crippen LogP contribution in [0.4, 0.5) is 17.1 Å². The van der Waals surface area contributed by atoms with E-state index in [1.54, 1.807) is 0 Å². The van der Waals surface area contributed by atoms with Gasteiger partial charge in [0.1, 0.15) is 0 Å². The molecule has 2 nitrogen and oxygen atoms in total. The van der Waals surface area contributed by atoms with Gasteiger partial charge in [0.05, 0.1) is 22.1 Å². The van der Waals surface area contributed by atoms with Crippen molar-refractivity contribution in [2.24, 2.45) is 0 Å². The maximum Gasteiger partial charge on any atom is 0.0702 e. The van der Waals surface area contributed by atoms with Crippen molar-refractivity contribution >= 4 is 49.6 Å². The Bertz CT molecular complexity index is 3560. The highest BCUT2D eigenvalue weighted by Crippen LogP contribution is 2.48. The highest BCUT2D eigenvalue weighted by atomic mass is 15.1. The van der Waals surface area contributed by atoms with E-state index in [9.17, 15) is 0 Å². The average molecular weight is 855 g/mol. The molecule has 0 aliphatic heterocycles. The van der Waals surface area contributed by atoms with Crippen LogP contribution in [0.3, 0.4) is 0 Å². The van der Waals surface area contributed by atoms with E-state index in [1.165, 1.54) is 71.5 Å². The van der Waals surface area contributed by atoms with Gasteiger partial charge in [-0.05, 0) is 92.9 Å². The number of benzene rings is 11. The Balaban J connectivity index is 1.03. The third-order valence-corrected chi connectivity index (χ3v) is 13.5. The minimum Gasteiger partial charge on any atom is -0.310 e. The molecule has 0 bridgehead atoms. The van der Waals surface area contributed by atoms with Crippen LogP contribution in [0.1, 0.15) is 22.3 Å². The summed E-state index contributed by atoms with van der Waals surface area (Å²) in [6.07, 6.45) is 0. The Morgan fingerprint density at radius 2 is 0.791 bits per heavy atom. The van der Waals surface area contributed by atoms with Crippen molar-refractivity contribution in [3.63, 3.8) is 0 Å². The van der Waals surface area contributed by atoms with E-state index >= 15 is 0 Å². The average Bonchev–Trinajstić information content (AvgIpc) is 3.76. The van der Waals surface area contributed by atoms with Crippen molar-refractivity contribution in [2.45, 2.75) is 5.41 Å². The first-order chi connectivity index (χ1) is 33.3. The van der Waals surface area contributed by atoms with Crippen LogP contribution in [-0.2, 0) is 5.41 Å². The third-order valence-electron chi connectivity index (χ3n) is 13.5. The zero-order valence-electron chi connectivity index (χ0n) is 37.0. The molecule has 67 heavy (non-hydrogen) atoms. The Morgan fingerprint density at radius 1 is 0.299 bits per heavy atom. The topological polar surface area (TPSA) is 8.17 Å². The van der Waals surface area contributed by atoms with Gasteiger partial charge < -0.3 is 9.47 Å². The number of anilines is 3.